The van der Waals surface area contributed by atoms with Gasteiger partial charge in [0.25, 0.3) is 0 Å². The van der Waals surface area contributed by atoms with Gasteiger partial charge in [0.05, 0.1) is 0 Å². The summed E-state index contributed by atoms with van der Waals surface area (Å²) in [6, 6.07) is 23.0. The van der Waals surface area contributed by atoms with Crippen molar-refractivity contribution in [2.24, 2.45) is 0 Å². The van der Waals surface area contributed by atoms with Crippen LogP contribution < -0.4 is 0 Å². The highest BCUT2D eigenvalue weighted by atomic mass is 16.1. The van der Waals surface area contributed by atoms with E-state index in [9.17, 15) is 4.79 Å². The lowest BCUT2D eigenvalue weighted by Crippen LogP contribution is -2.07. The molecular formula is C23H20O. The Hall–Kier alpha value is -2.67. The van der Waals surface area contributed by atoms with Crippen molar-refractivity contribution in [1.82, 2.24) is 0 Å². The van der Waals surface area contributed by atoms with Crippen LogP contribution in [0.15, 0.2) is 72.8 Å². The Morgan fingerprint density at radius 2 is 1.62 bits per heavy atom. The van der Waals surface area contributed by atoms with Crippen LogP contribution in [0.5, 0.6) is 0 Å². The molecule has 0 saturated heterocycles. The molecule has 0 unspecified atom stereocenters. The molecule has 118 valence electrons. The molecule has 3 aromatic rings. The minimum atomic E-state index is 0.286. The van der Waals surface area contributed by atoms with E-state index < -0.39 is 0 Å². The molecule has 0 radical (unpaired) electrons. The minimum absolute atomic E-state index is 0.286. The second kappa shape index (κ2) is 6.45. The van der Waals surface area contributed by atoms with Gasteiger partial charge in [-0.05, 0) is 45.9 Å². The first kappa shape index (κ1) is 14.9. The van der Waals surface area contributed by atoms with Crippen LogP contribution in [0.4, 0.5) is 0 Å². The molecule has 0 saturated carbocycles. The van der Waals surface area contributed by atoms with E-state index in [1.807, 2.05) is 18.2 Å². The first-order chi connectivity index (χ1) is 11.8. The molecular weight excluding hydrogens is 292 g/mol. The topological polar surface area (TPSA) is 17.1 Å². The Balaban J connectivity index is 1.56. The number of fused-ring (bicyclic) bond motifs is 2. The van der Waals surface area contributed by atoms with Crippen LogP contribution in [0.1, 0.15) is 29.5 Å². The van der Waals surface area contributed by atoms with Crippen molar-refractivity contribution in [3.8, 4) is 0 Å². The number of rotatable bonds is 4. The number of ketones is 1. The van der Waals surface area contributed by atoms with E-state index in [1.54, 1.807) is 0 Å². The zero-order valence-corrected chi connectivity index (χ0v) is 13.7. The van der Waals surface area contributed by atoms with Crippen molar-refractivity contribution < 1.29 is 4.79 Å². The maximum absolute atomic E-state index is 12.7. The highest BCUT2D eigenvalue weighted by molar-refractivity contribution is 5.95. The van der Waals surface area contributed by atoms with Gasteiger partial charge < -0.3 is 0 Å². The maximum atomic E-state index is 12.7. The van der Waals surface area contributed by atoms with E-state index in [0.29, 0.717) is 12.8 Å². The van der Waals surface area contributed by atoms with Gasteiger partial charge in [-0.2, -0.15) is 0 Å². The zero-order valence-electron chi connectivity index (χ0n) is 13.7. The molecule has 0 heterocycles. The molecule has 1 nitrogen and oxygen atoms in total. The van der Waals surface area contributed by atoms with Crippen LogP contribution >= 0.6 is 0 Å². The molecule has 3 aromatic carbocycles. The third-order valence-corrected chi connectivity index (χ3v) is 4.82. The van der Waals surface area contributed by atoms with Crippen molar-refractivity contribution in [3.05, 3.63) is 89.5 Å². The lowest BCUT2D eigenvalue weighted by atomic mass is 9.87. The van der Waals surface area contributed by atoms with E-state index in [2.05, 4.69) is 54.6 Å². The van der Waals surface area contributed by atoms with Crippen LogP contribution in [-0.4, -0.2) is 5.78 Å². The smallest absolute Gasteiger partial charge is 0.141 e. The van der Waals surface area contributed by atoms with Crippen LogP contribution in [0.3, 0.4) is 0 Å². The molecule has 1 heteroatoms. The summed E-state index contributed by atoms with van der Waals surface area (Å²) in [5.41, 5.74) is 4.95. The van der Waals surface area contributed by atoms with Gasteiger partial charge in [-0.15, -0.1) is 0 Å². The SMILES string of the molecule is O=C(CC1=CCCc2ccccc21)Cc1cccc2ccccc12. The number of carbonyl (C=O) groups is 1. The van der Waals surface area contributed by atoms with Gasteiger partial charge in [0.1, 0.15) is 5.78 Å². The van der Waals surface area contributed by atoms with E-state index in [4.69, 9.17) is 0 Å². The highest BCUT2D eigenvalue weighted by Gasteiger charge is 2.15. The summed E-state index contributed by atoms with van der Waals surface area (Å²) >= 11 is 0. The van der Waals surface area contributed by atoms with Crippen LogP contribution in [0, 0.1) is 0 Å². The Labute approximate surface area is 142 Å². The van der Waals surface area contributed by atoms with Gasteiger partial charge in [0.15, 0.2) is 0 Å². The van der Waals surface area contributed by atoms with Crippen molar-refractivity contribution in [3.63, 3.8) is 0 Å². The Morgan fingerprint density at radius 1 is 0.833 bits per heavy atom. The molecule has 1 aliphatic rings. The Morgan fingerprint density at radius 3 is 2.58 bits per heavy atom. The predicted molar refractivity (Wildman–Crippen MR) is 100 cm³/mol. The molecule has 0 amide bonds. The standard InChI is InChI=1S/C23H20O/c24-21(15-19-11-5-9-17-7-1-3-13-22(17)19)16-20-12-6-10-18-8-2-4-14-23(18)20/h1-5,7-9,11-14H,6,10,15-16H2. The van der Waals surface area contributed by atoms with Crippen molar-refractivity contribution in [1.29, 1.82) is 0 Å². The van der Waals surface area contributed by atoms with E-state index in [1.165, 1.54) is 27.5 Å². The number of Topliss-reactive ketones (excluding diaryl/α,β-unsaturated/α-hetero) is 1. The second-order valence-corrected chi connectivity index (χ2v) is 6.46. The molecule has 0 aliphatic heterocycles. The Bertz CT molecular complexity index is 928. The van der Waals surface area contributed by atoms with E-state index >= 15 is 0 Å². The van der Waals surface area contributed by atoms with Crippen molar-refractivity contribution in [2.45, 2.75) is 25.7 Å². The fraction of sp³-hybridized carbons (Fsp3) is 0.174. The van der Waals surface area contributed by atoms with E-state index in [-0.39, 0.29) is 5.78 Å². The monoisotopic (exact) mass is 312 g/mol. The van der Waals surface area contributed by atoms with Gasteiger partial charge in [-0.3, -0.25) is 4.79 Å². The molecule has 0 atom stereocenters. The summed E-state index contributed by atoms with van der Waals surface area (Å²) in [7, 11) is 0. The number of allylic oxidation sites excluding steroid dienone is 2. The molecule has 24 heavy (non-hydrogen) atoms. The fourth-order valence-corrected chi connectivity index (χ4v) is 3.66. The number of hydrogen-bond acceptors (Lipinski definition) is 1. The molecule has 1 aliphatic carbocycles. The average molecular weight is 312 g/mol. The first-order valence-electron chi connectivity index (χ1n) is 8.57. The highest BCUT2D eigenvalue weighted by Crippen LogP contribution is 2.29. The average Bonchev–Trinajstić information content (AvgIpc) is 2.62. The fourth-order valence-electron chi connectivity index (χ4n) is 3.66. The molecule has 0 fully saturated rings. The van der Waals surface area contributed by atoms with Gasteiger partial charge in [-0.25, -0.2) is 0 Å². The molecule has 0 aromatic heterocycles. The molecule has 4 rings (SSSR count). The number of carbonyl (C=O) groups excluding carboxylic acids is 1. The summed E-state index contributed by atoms with van der Waals surface area (Å²) in [6.07, 6.45) is 5.38. The summed E-state index contributed by atoms with van der Waals surface area (Å²) in [5, 5.41) is 2.39. The van der Waals surface area contributed by atoms with Gasteiger partial charge >= 0.3 is 0 Å². The van der Waals surface area contributed by atoms with Gasteiger partial charge in [0, 0.05) is 12.8 Å². The van der Waals surface area contributed by atoms with Crippen LogP contribution in [-0.2, 0) is 17.6 Å². The van der Waals surface area contributed by atoms with Crippen molar-refractivity contribution >= 4 is 22.1 Å². The minimum Gasteiger partial charge on any atom is -0.299 e. The van der Waals surface area contributed by atoms with Gasteiger partial charge in [-0.1, -0.05) is 72.8 Å². The number of hydrogen-bond donors (Lipinski definition) is 0. The molecule has 0 spiro atoms. The summed E-state index contributed by atoms with van der Waals surface area (Å²) in [6.45, 7) is 0. The number of benzene rings is 3. The maximum Gasteiger partial charge on any atom is 0.141 e. The summed E-state index contributed by atoms with van der Waals surface area (Å²) in [4.78, 5) is 12.7. The lowest BCUT2D eigenvalue weighted by molar-refractivity contribution is -0.117. The van der Waals surface area contributed by atoms with Crippen LogP contribution in [0.2, 0.25) is 0 Å². The first-order valence-corrected chi connectivity index (χ1v) is 8.57. The second-order valence-electron chi connectivity index (χ2n) is 6.46. The third kappa shape index (κ3) is 2.90. The summed E-state index contributed by atoms with van der Waals surface area (Å²) in [5.74, 6) is 0.286. The van der Waals surface area contributed by atoms with Crippen LogP contribution in [0.25, 0.3) is 16.3 Å². The third-order valence-electron chi connectivity index (χ3n) is 4.82. The van der Waals surface area contributed by atoms with Gasteiger partial charge in [0.2, 0.25) is 0 Å². The predicted octanol–water partition coefficient (Wildman–Crippen LogP) is 5.37. The number of aryl methyl sites for hydroxylation is 1. The van der Waals surface area contributed by atoms with Crippen molar-refractivity contribution in [2.75, 3.05) is 0 Å². The quantitative estimate of drug-likeness (QED) is 0.633. The molecule has 0 N–H and O–H groups in total. The zero-order chi connectivity index (χ0) is 16.4. The Kier molecular flexibility index (Phi) is 4.00. The molecule has 0 bridgehead atoms. The lowest BCUT2D eigenvalue weighted by Gasteiger charge is -2.17. The summed E-state index contributed by atoms with van der Waals surface area (Å²) < 4.78 is 0. The van der Waals surface area contributed by atoms with E-state index in [0.717, 1.165) is 18.4 Å². The normalized spacial score (nSPS) is 13.4. The largest absolute Gasteiger partial charge is 0.299 e.